The topological polar surface area (TPSA) is 81.6 Å². The Labute approximate surface area is 151 Å². The Bertz CT molecular complexity index is 939. The van der Waals surface area contributed by atoms with Crippen LogP contribution in [0.4, 0.5) is 5.95 Å². The fraction of sp³-hybridized carbons (Fsp3) is 0.211. The number of H-pyrrole nitrogens is 1. The van der Waals surface area contributed by atoms with E-state index in [1.807, 2.05) is 35.7 Å². The minimum absolute atomic E-state index is 0. The van der Waals surface area contributed by atoms with Crippen molar-refractivity contribution in [1.82, 2.24) is 9.97 Å². The molecule has 5 nitrogen and oxygen atoms in total. The lowest BCUT2D eigenvalue weighted by molar-refractivity contribution is 1.02. The van der Waals surface area contributed by atoms with Gasteiger partial charge in [0.05, 0.1) is 4.88 Å². The zero-order valence-corrected chi connectivity index (χ0v) is 14.0. The Kier molecular flexibility index (Phi) is 6.09. The largest absolute Gasteiger partial charge is 0.352 e. The summed E-state index contributed by atoms with van der Waals surface area (Å²) in [5.74, 6) is 0.365. The van der Waals surface area contributed by atoms with E-state index in [-0.39, 0.29) is 13.0 Å². The zero-order valence-electron chi connectivity index (χ0n) is 13.2. The van der Waals surface area contributed by atoms with E-state index in [1.54, 1.807) is 0 Å². The van der Waals surface area contributed by atoms with Crippen molar-refractivity contribution in [1.29, 1.82) is 5.26 Å². The molecule has 6 heteroatoms. The highest BCUT2D eigenvalue weighted by Gasteiger charge is 2.14. The van der Waals surface area contributed by atoms with Crippen molar-refractivity contribution in [2.75, 3.05) is 5.32 Å². The van der Waals surface area contributed by atoms with Gasteiger partial charge < -0.3 is 5.32 Å². The molecule has 0 atom stereocenters. The SMILES string of the molecule is C.CCc1cccc(CNc2nc(-c3cccs3)c(C#N)c(=O)[nH]2)c1. The van der Waals surface area contributed by atoms with Crippen molar-refractivity contribution < 1.29 is 0 Å². The van der Waals surface area contributed by atoms with Gasteiger partial charge in [0, 0.05) is 6.54 Å². The first-order valence-corrected chi connectivity index (χ1v) is 8.49. The van der Waals surface area contributed by atoms with E-state index in [0.717, 1.165) is 16.9 Å². The van der Waals surface area contributed by atoms with E-state index >= 15 is 0 Å². The molecule has 0 aliphatic carbocycles. The van der Waals surface area contributed by atoms with Crippen LogP contribution in [0.3, 0.4) is 0 Å². The number of aromatic nitrogens is 2. The van der Waals surface area contributed by atoms with Gasteiger partial charge in [-0.05, 0) is 29.0 Å². The maximum absolute atomic E-state index is 12.1. The number of hydrogen-bond donors (Lipinski definition) is 2. The molecule has 0 radical (unpaired) electrons. The molecule has 0 spiro atoms. The zero-order chi connectivity index (χ0) is 16.9. The summed E-state index contributed by atoms with van der Waals surface area (Å²) in [6, 6.07) is 13.9. The average molecular weight is 352 g/mol. The van der Waals surface area contributed by atoms with Crippen LogP contribution in [-0.2, 0) is 13.0 Å². The quantitative estimate of drug-likeness (QED) is 0.722. The number of nitrogens with zero attached hydrogens (tertiary/aromatic N) is 2. The van der Waals surface area contributed by atoms with Gasteiger partial charge in [0.25, 0.3) is 5.56 Å². The van der Waals surface area contributed by atoms with Gasteiger partial charge in [0.2, 0.25) is 5.95 Å². The summed E-state index contributed by atoms with van der Waals surface area (Å²) in [5, 5.41) is 14.3. The van der Waals surface area contributed by atoms with Crippen molar-refractivity contribution in [2.24, 2.45) is 0 Å². The number of aryl methyl sites for hydroxylation is 1. The minimum atomic E-state index is -0.430. The molecule has 0 saturated heterocycles. The lowest BCUT2D eigenvalue weighted by atomic mass is 10.1. The summed E-state index contributed by atoms with van der Waals surface area (Å²) in [5.41, 5.74) is 2.40. The van der Waals surface area contributed by atoms with E-state index in [2.05, 4.69) is 34.3 Å². The number of nitriles is 1. The van der Waals surface area contributed by atoms with E-state index in [0.29, 0.717) is 18.2 Å². The summed E-state index contributed by atoms with van der Waals surface area (Å²) < 4.78 is 0. The molecule has 2 heterocycles. The molecule has 25 heavy (non-hydrogen) atoms. The van der Waals surface area contributed by atoms with Crippen LogP contribution in [0, 0.1) is 11.3 Å². The fourth-order valence-corrected chi connectivity index (χ4v) is 3.12. The highest BCUT2D eigenvalue weighted by molar-refractivity contribution is 7.13. The second-order valence-electron chi connectivity index (χ2n) is 5.25. The van der Waals surface area contributed by atoms with Gasteiger partial charge in [-0.15, -0.1) is 11.3 Å². The van der Waals surface area contributed by atoms with E-state index < -0.39 is 5.56 Å². The monoisotopic (exact) mass is 352 g/mol. The highest BCUT2D eigenvalue weighted by atomic mass is 32.1. The number of aromatic amines is 1. The van der Waals surface area contributed by atoms with Crippen molar-refractivity contribution >= 4 is 17.3 Å². The average Bonchev–Trinajstić information content (AvgIpc) is 3.14. The first-order valence-electron chi connectivity index (χ1n) is 7.61. The molecule has 1 aromatic carbocycles. The van der Waals surface area contributed by atoms with E-state index in [1.165, 1.54) is 16.9 Å². The summed E-state index contributed by atoms with van der Waals surface area (Å²) >= 11 is 1.45. The number of nitrogens with one attached hydrogen (secondary N) is 2. The second kappa shape index (κ2) is 8.27. The highest BCUT2D eigenvalue weighted by Crippen LogP contribution is 2.24. The van der Waals surface area contributed by atoms with Crippen LogP contribution in [0.2, 0.25) is 0 Å². The molecule has 2 aromatic heterocycles. The van der Waals surface area contributed by atoms with Crippen LogP contribution in [-0.4, -0.2) is 9.97 Å². The van der Waals surface area contributed by atoms with Gasteiger partial charge in [-0.2, -0.15) is 5.26 Å². The van der Waals surface area contributed by atoms with Gasteiger partial charge in [-0.25, -0.2) is 4.98 Å². The van der Waals surface area contributed by atoms with Gasteiger partial charge in [0.1, 0.15) is 17.3 Å². The Balaban J connectivity index is 0.00000225. The predicted octanol–water partition coefficient (Wildman–Crippen LogP) is 4.18. The van der Waals surface area contributed by atoms with E-state index in [4.69, 9.17) is 0 Å². The first-order chi connectivity index (χ1) is 11.7. The van der Waals surface area contributed by atoms with Crippen LogP contribution in [0.15, 0.2) is 46.6 Å². The number of thiophene rings is 1. The molecule has 2 N–H and O–H groups in total. The van der Waals surface area contributed by atoms with Gasteiger partial charge >= 0.3 is 0 Å². The smallest absolute Gasteiger partial charge is 0.270 e. The van der Waals surface area contributed by atoms with Crippen LogP contribution in [0.1, 0.15) is 31.0 Å². The lowest BCUT2D eigenvalue weighted by Crippen LogP contribution is -2.17. The Morgan fingerprint density at radius 2 is 2.08 bits per heavy atom. The normalized spacial score (nSPS) is 9.92. The van der Waals surface area contributed by atoms with Gasteiger partial charge in [-0.3, -0.25) is 9.78 Å². The van der Waals surface area contributed by atoms with Crippen LogP contribution >= 0.6 is 11.3 Å². The second-order valence-corrected chi connectivity index (χ2v) is 6.20. The molecule has 0 amide bonds. The Morgan fingerprint density at radius 3 is 2.76 bits per heavy atom. The number of rotatable bonds is 5. The molecule has 128 valence electrons. The van der Waals surface area contributed by atoms with Gasteiger partial charge in [-0.1, -0.05) is 44.7 Å². The van der Waals surface area contributed by atoms with E-state index in [9.17, 15) is 10.1 Å². The summed E-state index contributed by atoms with van der Waals surface area (Å²) in [7, 11) is 0. The summed E-state index contributed by atoms with van der Waals surface area (Å²) in [6.45, 7) is 2.66. The van der Waals surface area contributed by atoms with Gasteiger partial charge in [0.15, 0.2) is 0 Å². The summed E-state index contributed by atoms with van der Waals surface area (Å²) in [4.78, 5) is 20.0. The molecular weight excluding hydrogens is 332 g/mol. The van der Waals surface area contributed by atoms with Crippen LogP contribution in [0.5, 0.6) is 0 Å². The third-order valence-corrected chi connectivity index (χ3v) is 4.52. The molecule has 0 aliphatic rings. The van der Waals surface area contributed by atoms with Crippen molar-refractivity contribution in [2.45, 2.75) is 27.3 Å². The molecule has 3 rings (SSSR count). The lowest BCUT2D eigenvalue weighted by Gasteiger charge is -2.09. The number of benzene rings is 1. The molecular formula is C19H20N4OS. The standard InChI is InChI=1S/C18H16N4OS.CH4/c1-2-12-5-3-6-13(9-12)11-20-18-21-16(15-7-4-8-24-15)14(10-19)17(23)22-18;/h3-9H,2,11H2,1H3,(H2,20,21,22,23);1H4. The third kappa shape index (κ3) is 4.14. The molecule has 3 aromatic rings. The van der Waals surface area contributed by atoms with Crippen molar-refractivity contribution in [3.8, 4) is 16.6 Å². The molecule has 0 fully saturated rings. The number of hydrogen-bond acceptors (Lipinski definition) is 5. The number of anilines is 1. The predicted molar refractivity (Wildman–Crippen MR) is 103 cm³/mol. The fourth-order valence-electron chi connectivity index (χ4n) is 2.40. The maximum Gasteiger partial charge on any atom is 0.270 e. The van der Waals surface area contributed by atoms with Crippen LogP contribution < -0.4 is 10.9 Å². The first kappa shape index (κ1) is 18.4. The minimum Gasteiger partial charge on any atom is -0.352 e. The molecule has 0 aliphatic heterocycles. The van der Waals surface area contributed by atoms with Crippen LogP contribution in [0.25, 0.3) is 10.6 Å². The Morgan fingerprint density at radius 1 is 1.28 bits per heavy atom. The van der Waals surface area contributed by atoms with Crippen molar-refractivity contribution in [3.63, 3.8) is 0 Å². The Hall–Kier alpha value is -2.91. The molecule has 0 saturated carbocycles. The molecule has 0 unspecified atom stereocenters. The third-order valence-electron chi connectivity index (χ3n) is 3.65. The molecule has 0 bridgehead atoms. The summed E-state index contributed by atoms with van der Waals surface area (Å²) in [6.07, 6.45) is 0.975. The maximum atomic E-state index is 12.1. The van der Waals surface area contributed by atoms with Crippen molar-refractivity contribution in [3.05, 3.63) is 68.8 Å².